The molecule has 0 aromatic heterocycles. The lowest BCUT2D eigenvalue weighted by Gasteiger charge is -2.40. The Hall–Kier alpha value is -2.09. The first-order chi connectivity index (χ1) is 12.1. The normalized spacial score (nSPS) is 15.8. The van der Waals surface area contributed by atoms with Crippen molar-refractivity contribution in [1.82, 2.24) is 0 Å². The molecule has 0 saturated carbocycles. The van der Waals surface area contributed by atoms with Crippen LogP contribution in [-0.4, -0.2) is 47.9 Å². The Kier molecular flexibility index (Phi) is 7.16. The second-order valence-electron chi connectivity index (χ2n) is 5.60. The predicted molar refractivity (Wildman–Crippen MR) is 64.7 cm³/mol. The van der Waals surface area contributed by atoms with Gasteiger partial charge < -0.3 is 14.6 Å². The zero-order chi connectivity index (χ0) is 22.9. The molecule has 28 heavy (non-hydrogen) atoms. The van der Waals surface area contributed by atoms with Crippen molar-refractivity contribution in [1.29, 1.82) is 0 Å². The number of carbonyl (C=O) groups excluding carboxylic acids is 2. The molecular formula is C13H10F11O4-. The van der Waals surface area contributed by atoms with Crippen LogP contribution in [0.15, 0.2) is 12.2 Å². The molecule has 0 aliphatic heterocycles. The van der Waals surface area contributed by atoms with Gasteiger partial charge in [0, 0.05) is 6.08 Å². The van der Waals surface area contributed by atoms with E-state index in [0.717, 1.165) is 0 Å². The highest BCUT2D eigenvalue weighted by Gasteiger charge is 2.88. The molecule has 0 bridgehead atoms. The highest BCUT2D eigenvalue weighted by Crippen LogP contribution is 2.58. The van der Waals surface area contributed by atoms with Gasteiger partial charge in [0.25, 0.3) is 0 Å². The van der Waals surface area contributed by atoms with Gasteiger partial charge in [0.1, 0.15) is 0 Å². The van der Waals surface area contributed by atoms with Gasteiger partial charge in [0.15, 0.2) is 6.10 Å². The van der Waals surface area contributed by atoms with E-state index < -0.39 is 53.8 Å². The van der Waals surface area contributed by atoms with E-state index in [1.807, 2.05) is 0 Å². The molecule has 0 aliphatic carbocycles. The molecular weight excluding hydrogens is 429 g/mol. The monoisotopic (exact) mass is 439 g/mol. The van der Waals surface area contributed by atoms with Crippen LogP contribution in [0.25, 0.3) is 0 Å². The van der Waals surface area contributed by atoms with Gasteiger partial charge in [-0.1, -0.05) is 13.8 Å². The molecule has 0 spiro atoms. The minimum atomic E-state index is -7.65. The van der Waals surface area contributed by atoms with Crippen LogP contribution >= 0.6 is 0 Å². The van der Waals surface area contributed by atoms with Gasteiger partial charge in [-0.25, -0.2) is 4.79 Å². The molecule has 0 aromatic carbocycles. The zero-order valence-corrected chi connectivity index (χ0v) is 13.6. The van der Waals surface area contributed by atoms with Crippen molar-refractivity contribution in [2.45, 2.75) is 49.8 Å². The number of rotatable bonds is 8. The summed E-state index contributed by atoms with van der Waals surface area (Å²) in [6, 6.07) is 0. The summed E-state index contributed by atoms with van der Waals surface area (Å²) in [5.41, 5.74) is 0. The topological polar surface area (TPSA) is 66.4 Å². The van der Waals surface area contributed by atoms with E-state index >= 15 is 0 Å². The molecule has 4 nitrogen and oxygen atoms in total. The summed E-state index contributed by atoms with van der Waals surface area (Å²) in [4.78, 5) is 21.2. The average Bonchev–Trinajstić information content (AvgIpc) is 2.48. The first-order valence-corrected chi connectivity index (χ1v) is 6.82. The lowest BCUT2D eigenvalue weighted by molar-refractivity contribution is -0.429. The second kappa shape index (κ2) is 7.73. The maximum atomic E-state index is 13.9. The van der Waals surface area contributed by atoms with Gasteiger partial charge in [-0.2, -0.15) is 48.3 Å². The summed E-state index contributed by atoms with van der Waals surface area (Å²) in [5.74, 6) is -35.3. The molecule has 0 aliphatic rings. The number of carbonyl (C=O) groups is 2. The van der Waals surface area contributed by atoms with Crippen LogP contribution in [0.4, 0.5) is 48.3 Å². The lowest BCUT2D eigenvalue weighted by Crippen LogP contribution is -2.69. The third-order valence-electron chi connectivity index (χ3n) is 3.12. The summed E-state index contributed by atoms with van der Waals surface area (Å²) in [6.07, 6.45) is -11.3. The highest BCUT2D eigenvalue weighted by molar-refractivity contribution is 5.90. The molecule has 0 heterocycles. The van der Waals surface area contributed by atoms with Crippen LogP contribution in [0.1, 0.15) is 13.8 Å². The number of ether oxygens (including phenoxy) is 1. The minimum Gasteiger partial charge on any atom is -0.545 e. The summed E-state index contributed by atoms with van der Waals surface area (Å²) in [5, 5.41) is 10.1. The number of esters is 1. The van der Waals surface area contributed by atoms with E-state index in [-0.39, 0.29) is 12.2 Å². The van der Waals surface area contributed by atoms with Crippen molar-refractivity contribution in [2.24, 2.45) is 5.92 Å². The Morgan fingerprint density at radius 3 is 1.54 bits per heavy atom. The van der Waals surface area contributed by atoms with Gasteiger partial charge in [-0.15, -0.1) is 0 Å². The first kappa shape index (κ1) is 25.9. The Labute approximate surface area is 148 Å². The number of hydrogen-bond acceptors (Lipinski definition) is 4. The Balaban J connectivity index is 6.18. The maximum absolute atomic E-state index is 13.9. The van der Waals surface area contributed by atoms with Crippen molar-refractivity contribution in [3.8, 4) is 0 Å². The highest BCUT2D eigenvalue weighted by atomic mass is 19.4. The molecule has 15 heteroatoms. The van der Waals surface area contributed by atoms with Crippen molar-refractivity contribution in [2.75, 3.05) is 0 Å². The van der Waals surface area contributed by atoms with Gasteiger partial charge in [0.05, 0.1) is 5.97 Å². The van der Waals surface area contributed by atoms with E-state index in [0.29, 0.717) is 13.8 Å². The van der Waals surface area contributed by atoms with Crippen LogP contribution in [-0.2, 0) is 14.3 Å². The van der Waals surface area contributed by atoms with Crippen LogP contribution in [0.5, 0.6) is 0 Å². The Morgan fingerprint density at radius 2 is 1.21 bits per heavy atom. The fourth-order valence-corrected chi connectivity index (χ4v) is 1.69. The van der Waals surface area contributed by atoms with E-state index in [4.69, 9.17) is 0 Å². The molecule has 1 unspecified atom stereocenters. The molecule has 0 fully saturated rings. The van der Waals surface area contributed by atoms with Crippen molar-refractivity contribution in [3.05, 3.63) is 12.2 Å². The quantitative estimate of drug-likeness (QED) is 0.332. The predicted octanol–water partition coefficient (Wildman–Crippen LogP) is 2.96. The van der Waals surface area contributed by atoms with E-state index in [1.54, 1.807) is 0 Å². The smallest absolute Gasteiger partial charge is 0.460 e. The molecule has 164 valence electrons. The number of carboxylic acids is 1. The van der Waals surface area contributed by atoms with Gasteiger partial charge >= 0.3 is 35.8 Å². The number of carboxylic acid groups (broad SMARTS) is 1. The molecule has 0 amide bonds. The van der Waals surface area contributed by atoms with E-state index in [9.17, 15) is 63.0 Å². The number of hydrogen-bond donors (Lipinski definition) is 0. The summed E-state index contributed by atoms with van der Waals surface area (Å²) in [7, 11) is 0. The van der Waals surface area contributed by atoms with Crippen LogP contribution in [0, 0.1) is 5.92 Å². The number of halogens is 11. The van der Waals surface area contributed by atoms with Crippen LogP contribution in [0.3, 0.4) is 0 Å². The van der Waals surface area contributed by atoms with E-state index in [1.165, 1.54) is 0 Å². The fraction of sp³-hybridized carbons (Fsp3) is 0.692. The maximum Gasteiger partial charge on any atom is 0.460 e. The molecule has 0 rings (SSSR count). The molecule has 0 saturated heterocycles. The molecule has 0 radical (unpaired) electrons. The standard InChI is InChI=1S/C13H11F11O4/c1-5(2)8(28-7(27)4-3-6(25)26)9(14,15)10(16,17)11(18,19)12(20,21)13(22,23)24/h3-5,8H,1-2H3,(H,25,26)/p-1/b4-3+. The van der Waals surface area contributed by atoms with E-state index in [2.05, 4.69) is 4.74 Å². The first-order valence-electron chi connectivity index (χ1n) is 6.82. The lowest BCUT2D eigenvalue weighted by atomic mass is 9.89. The zero-order valence-electron chi connectivity index (χ0n) is 13.6. The number of aliphatic carboxylic acids is 1. The minimum absolute atomic E-state index is 0.136. The largest absolute Gasteiger partial charge is 0.545 e. The second-order valence-corrected chi connectivity index (χ2v) is 5.60. The van der Waals surface area contributed by atoms with Crippen LogP contribution < -0.4 is 5.11 Å². The van der Waals surface area contributed by atoms with Crippen molar-refractivity contribution in [3.63, 3.8) is 0 Å². The van der Waals surface area contributed by atoms with Crippen LogP contribution in [0.2, 0.25) is 0 Å². The molecule has 1 atom stereocenters. The van der Waals surface area contributed by atoms with Gasteiger partial charge in [-0.05, 0) is 12.0 Å². The number of alkyl halides is 11. The SMILES string of the molecule is CC(C)C(OC(=O)/C=C/C(=O)[O-])C(F)(F)C(F)(F)C(F)(F)C(F)(F)C(F)(F)F. The summed E-state index contributed by atoms with van der Waals surface area (Å²) >= 11 is 0. The van der Waals surface area contributed by atoms with Crippen molar-refractivity contribution >= 4 is 11.9 Å². The van der Waals surface area contributed by atoms with Crippen molar-refractivity contribution < 1.29 is 67.7 Å². The fourth-order valence-electron chi connectivity index (χ4n) is 1.69. The summed E-state index contributed by atoms with van der Waals surface area (Å²) in [6.45, 7) is 1.12. The summed E-state index contributed by atoms with van der Waals surface area (Å²) < 4.78 is 147. The van der Waals surface area contributed by atoms with Gasteiger partial charge in [-0.3, -0.25) is 0 Å². The Bertz CT molecular complexity index is 622. The third kappa shape index (κ3) is 4.48. The Morgan fingerprint density at radius 1 is 0.786 bits per heavy atom. The third-order valence-corrected chi connectivity index (χ3v) is 3.12. The van der Waals surface area contributed by atoms with Gasteiger partial charge in [0.2, 0.25) is 0 Å². The molecule has 0 aromatic rings. The average molecular weight is 439 g/mol. The molecule has 0 N–H and O–H groups in total.